The highest BCUT2D eigenvalue weighted by molar-refractivity contribution is 7.89. The zero-order valence-corrected chi connectivity index (χ0v) is 17.7. The molecule has 0 radical (unpaired) electrons. The SMILES string of the molecule is CCNC/C=C\c1ccccc1S(=O)(=O)N(F)C1(C(=O)O)[C@@H]2COc3ccccc3[C@H]21. The number of sulfonamides is 1. The molecule has 7 nitrogen and oxygen atoms in total. The molecule has 0 spiro atoms. The number of nitrogens with zero attached hydrogens (tertiary/aromatic N) is 1. The van der Waals surface area contributed by atoms with Gasteiger partial charge in [0.1, 0.15) is 5.75 Å². The zero-order chi connectivity index (χ0) is 22.2. The van der Waals surface area contributed by atoms with Crippen LogP contribution in [0.5, 0.6) is 5.75 Å². The maximum absolute atomic E-state index is 15.7. The number of aliphatic carboxylic acids is 1. The maximum Gasteiger partial charge on any atom is 0.329 e. The van der Waals surface area contributed by atoms with Crippen molar-refractivity contribution in [1.29, 1.82) is 0 Å². The smallest absolute Gasteiger partial charge is 0.329 e. The van der Waals surface area contributed by atoms with E-state index in [0.29, 0.717) is 17.9 Å². The fraction of sp³-hybridized carbons (Fsp3) is 0.318. The van der Waals surface area contributed by atoms with Gasteiger partial charge in [-0.25, -0.2) is 8.42 Å². The molecule has 1 heterocycles. The molecular weight excluding hydrogens is 423 g/mol. The topological polar surface area (TPSA) is 95.9 Å². The Kier molecular flexibility index (Phi) is 5.59. The summed E-state index contributed by atoms with van der Waals surface area (Å²) in [4.78, 5) is 12.0. The third kappa shape index (κ3) is 3.33. The molecule has 1 aliphatic heterocycles. The van der Waals surface area contributed by atoms with Crippen molar-refractivity contribution in [3.63, 3.8) is 0 Å². The van der Waals surface area contributed by atoms with Gasteiger partial charge in [-0.05, 0) is 28.8 Å². The van der Waals surface area contributed by atoms with E-state index >= 15 is 4.48 Å². The second kappa shape index (κ2) is 8.07. The molecule has 3 atom stereocenters. The highest BCUT2D eigenvalue weighted by Gasteiger charge is 2.79. The molecule has 2 N–H and O–H groups in total. The van der Waals surface area contributed by atoms with E-state index in [9.17, 15) is 18.3 Å². The van der Waals surface area contributed by atoms with Crippen molar-refractivity contribution in [1.82, 2.24) is 9.84 Å². The first-order valence-corrected chi connectivity index (χ1v) is 11.4. The Morgan fingerprint density at radius 3 is 2.74 bits per heavy atom. The first-order chi connectivity index (χ1) is 14.9. The summed E-state index contributed by atoms with van der Waals surface area (Å²) >= 11 is 0. The van der Waals surface area contributed by atoms with E-state index in [0.717, 1.165) is 6.54 Å². The average molecular weight is 447 g/mol. The molecule has 1 unspecified atom stereocenters. The molecule has 31 heavy (non-hydrogen) atoms. The summed E-state index contributed by atoms with van der Waals surface area (Å²) in [7, 11) is -4.75. The average Bonchev–Trinajstić information content (AvgIpc) is 3.47. The van der Waals surface area contributed by atoms with Crippen molar-refractivity contribution >= 4 is 22.1 Å². The van der Waals surface area contributed by atoms with E-state index in [-0.39, 0.29) is 17.1 Å². The summed E-state index contributed by atoms with van der Waals surface area (Å²) in [6.45, 7) is 3.13. The largest absolute Gasteiger partial charge is 0.493 e. The number of carbonyl (C=O) groups is 1. The van der Waals surface area contributed by atoms with Gasteiger partial charge in [0.15, 0.2) is 5.54 Å². The van der Waals surface area contributed by atoms with E-state index in [2.05, 4.69) is 5.32 Å². The summed E-state index contributed by atoms with van der Waals surface area (Å²) in [6, 6.07) is 12.7. The molecule has 2 aliphatic rings. The summed E-state index contributed by atoms with van der Waals surface area (Å²) in [5.74, 6) is -2.74. The number of hydrogen-bond donors (Lipinski definition) is 2. The number of ether oxygens (including phenoxy) is 1. The molecule has 2 aromatic rings. The van der Waals surface area contributed by atoms with Crippen LogP contribution in [-0.4, -0.2) is 49.3 Å². The minimum atomic E-state index is -4.75. The number of rotatable bonds is 8. The van der Waals surface area contributed by atoms with Gasteiger partial charge in [-0.15, -0.1) is 4.48 Å². The fourth-order valence-corrected chi connectivity index (χ4v) is 5.91. The monoisotopic (exact) mass is 446 g/mol. The zero-order valence-electron chi connectivity index (χ0n) is 16.9. The van der Waals surface area contributed by atoms with Gasteiger partial charge >= 0.3 is 5.97 Å². The van der Waals surface area contributed by atoms with E-state index < -0.39 is 37.9 Å². The highest BCUT2D eigenvalue weighted by Crippen LogP contribution is 2.66. The first-order valence-electron chi connectivity index (χ1n) is 9.99. The van der Waals surface area contributed by atoms with E-state index in [1.54, 1.807) is 48.6 Å². The van der Waals surface area contributed by atoms with Crippen molar-refractivity contribution in [3.05, 3.63) is 65.7 Å². The Hall–Kier alpha value is -2.75. The Morgan fingerprint density at radius 2 is 2.00 bits per heavy atom. The molecule has 1 aliphatic carbocycles. The number of para-hydroxylation sites is 1. The van der Waals surface area contributed by atoms with Crippen molar-refractivity contribution in [2.45, 2.75) is 23.3 Å². The summed E-state index contributed by atoms with van der Waals surface area (Å²) in [5.41, 5.74) is -1.46. The molecule has 1 fully saturated rings. The minimum absolute atomic E-state index is 0.0752. The van der Waals surface area contributed by atoms with Gasteiger partial charge in [-0.3, -0.25) is 4.79 Å². The summed E-state index contributed by atoms with van der Waals surface area (Å²) in [6.07, 6.45) is 3.31. The lowest BCUT2D eigenvalue weighted by Gasteiger charge is -2.22. The van der Waals surface area contributed by atoms with Crippen LogP contribution in [0.2, 0.25) is 0 Å². The predicted octanol–water partition coefficient (Wildman–Crippen LogP) is 2.81. The Balaban J connectivity index is 1.73. The number of fused-ring (bicyclic) bond motifs is 3. The normalized spacial score (nSPS) is 24.5. The molecule has 0 bridgehead atoms. The van der Waals surface area contributed by atoms with Crippen molar-refractivity contribution in [2.75, 3.05) is 19.7 Å². The summed E-state index contributed by atoms with van der Waals surface area (Å²) in [5, 5.41) is 13.1. The molecule has 9 heteroatoms. The molecule has 164 valence electrons. The lowest BCUT2D eigenvalue weighted by molar-refractivity contribution is -0.149. The minimum Gasteiger partial charge on any atom is -0.493 e. The van der Waals surface area contributed by atoms with Crippen LogP contribution in [0.25, 0.3) is 6.08 Å². The Labute approximate surface area is 180 Å². The highest BCUT2D eigenvalue weighted by atomic mass is 32.2. The molecular formula is C22H23FN2O5S. The fourth-order valence-electron chi connectivity index (χ4n) is 4.33. The van der Waals surface area contributed by atoms with Gasteiger partial charge in [0.05, 0.1) is 11.5 Å². The number of likely N-dealkylation sites (N-methyl/N-ethyl adjacent to an activating group) is 1. The second-order valence-electron chi connectivity index (χ2n) is 7.53. The first kappa shape index (κ1) is 21.5. The van der Waals surface area contributed by atoms with Gasteiger partial charge in [0.2, 0.25) is 0 Å². The van der Waals surface area contributed by atoms with Crippen LogP contribution in [0.1, 0.15) is 24.0 Å². The molecule has 0 amide bonds. The second-order valence-corrected chi connectivity index (χ2v) is 9.24. The van der Waals surface area contributed by atoms with E-state index in [4.69, 9.17) is 4.74 Å². The van der Waals surface area contributed by atoms with Crippen LogP contribution in [0.15, 0.2) is 59.5 Å². The van der Waals surface area contributed by atoms with Crippen molar-refractivity contribution in [2.24, 2.45) is 5.92 Å². The van der Waals surface area contributed by atoms with Crippen LogP contribution in [0, 0.1) is 5.92 Å². The number of hydrogen-bond acceptors (Lipinski definition) is 5. The van der Waals surface area contributed by atoms with Crippen molar-refractivity contribution < 1.29 is 27.5 Å². The van der Waals surface area contributed by atoms with Crippen LogP contribution in [0.3, 0.4) is 0 Å². The summed E-state index contributed by atoms with van der Waals surface area (Å²) < 4.78 is 47.4. The van der Waals surface area contributed by atoms with E-state index in [1.807, 2.05) is 6.92 Å². The quantitative estimate of drug-likeness (QED) is 0.478. The number of nitrogens with one attached hydrogen (secondary N) is 1. The Bertz CT molecular complexity index is 1140. The molecule has 2 aromatic carbocycles. The van der Waals surface area contributed by atoms with E-state index in [1.165, 1.54) is 12.1 Å². The number of carboxylic acids is 1. The van der Waals surface area contributed by atoms with Gasteiger partial charge in [0.25, 0.3) is 10.0 Å². The van der Waals surface area contributed by atoms with Gasteiger partial charge in [0, 0.05) is 23.9 Å². The molecule has 4 rings (SSSR count). The van der Waals surface area contributed by atoms with Crippen LogP contribution in [-0.2, 0) is 14.8 Å². The van der Waals surface area contributed by atoms with Crippen molar-refractivity contribution in [3.8, 4) is 5.75 Å². The molecule has 0 saturated heterocycles. The molecule has 0 aromatic heterocycles. The Morgan fingerprint density at radius 1 is 1.29 bits per heavy atom. The number of benzene rings is 2. The van der Waals surface area contributed by atoms with Crippen LogP contribution >= 0.6 is 0 Å². The third-order valence-electron chi connectivity index (χ3n) is 5.86. The molecule has 1 saturated carbocycles. The number of carboxylic acid groups (broad SMARTS) is 1. The number of halogens is 1. The van der Waals surface area contributed by atoms with Gasteiger partial charge in [-0.2, -0.15) is 0 Å². The van der Waals surface area contributed by atoms with Crippen LogP contribution < -0.4 is 10.1 Å². The maximum atomic E-state index is 15.7. The third-order valence-corrected chi connectivity index (χ3v) is 7.51. The lowest BCUT2D eigenvalue weighted by Crippen LogP contribution is -2.45. The predicted molar refractivity (Wildman–Crippen MR) is 113 cm³/mol. The standard InChI is InChI=1S/C22H23FN2O5S/c1-2-24-13-7-9-15-8-3-6-12-19(15)31(28,29)25(23)22(21(26)27)17-14-30-18-11-5-4-10-16(18)20(17)22/h3-12,17,20,24H,2,13-14H2,1H3,(H,26,27)/b9-7-/t17-,20-,22?/m1/s1. The van der Waals surface area contributed by atoms with Crippen LogP contribution in [0.4, 0.5) is 4.48 Å². The van der Waals surface area contributed by atoms with Gasteiger partial charge < -0.3 is 15.2 Å². The van der Waals surface area contributed by atoms with Gasteiger partial charge in [-0.1, -0.05) is 55.5 Å². The lowest BCUT2D eigenvalue weighted by atomic mass is 10.0.